The van der Waals surface area contributed by atoms with E-state index in [1.54, 1.807) is 48.5 Å². The number of hydrogen-bond acceptors (Lipinski definition) is 7. The predicted octanol–water partition coefficient (Wildman–Crippen LogP) is 3.66. The van der Waals surface area contributed by atoms with Gasteiger partial charge in [0.15, 0.2) is 5.82 Å². The van der Waals surface area contributed by atoms with E-state index in [2.05, 4.69) is 32.6 Å². The van der Waals surface area contributed by atoms with Crippen LogP contribution in [-0.4, -0.2) is 74.9 Å². The Bertz CT molecular complexity index is 1550. The lowest BCUT2D eigenvalue weighted by molar-refractivity contribution is 0.102. The molecule has 1 fully saturated rings. The SMILES string of the molecule is CN1CCN(c2ccc(C(=O)Nc3nn(S(=O)(=O)c4ccccc4)c4ccccc34)c(NCCF)c2)CC1. The zero-order valence-electron chi connectivity index (χ0n) is 21.0. The van der Waals surface area contributed by atoms with Gasteiger partial charge in [-0.2, -0.15) is 12.5 Å². The minimum atomic E-state index is -4.00. The number of piperazine rings is 1. The van der Waals surface area contributed by atoms with E-state index in [0.29, 0.717) is 22.2 Å². The fourth-order valence-electron chi connectivity index (χ4n) is 4.50. The van der Waals surface area contributed by atoms with Crippen molar-refractivity contribution in [1.82, 2.24) is 14.1 Å². The molecule has 1 aliphatic rings. The van der Waals surface area contributed by atoms with Gasteiger partial charge in [0.25, 0.3) is 15.9 Å². The quantitative estimate of drug-likeness (QED) is 0.355. The van der Waals surface area contributed by atoms with Crippen molar-refractivity contribution in [3.63, 3.8) is 0 Å². The first-order valence-electron chi connectivity index (χ1n) is 12.4. The molecule has 0 radical (unpaired) electrons. The number of anilines is 3. The summed E-state index contributed by atoms with van der Waals surface area (Å²) in [5, 5.41) is 10.6. The fraction of sp³-hybridized carbons (Fsp3) is 0.259. The van der Waals surface area contributed by atoms with Crippen LogP contribution in [0, 0.1) is 0 Å². The molecule has 9 nitrogen and oxygen atoms in total. The zero-order chi connectivity index (χ0) is 26.7. The third-order valence-corrected chi connectivity index (χ3v) is 8.18. The summed E-state index contributed by atoms with van der Waals surface area (Å²) in [6, 6.07) is 20.2. The van der Waals surface area contributed by atoms with Crippen molar-refractivity contribution in [3.05, 3.63) is 78.4 Å². The van der Waals surface area contributed by atoms with Crippen LogP contribution in [0.4, 0.5) is 21.6 Å². The van der Waals surface area contributed by atoms with E-state index in [9.17, 15) is 17.6 Å². The summed E-state index contributed by atoms with van der Waals surface area (Å²) in [6.45, 7) is 3.02. The van der Waals surface area contributed by atoms with Crippen molar-refractivity contribution in [2.24, 2.45) is 0 Å². The Balaban J connectivity index is 1.48. The molecule has 0 unspecified atom stereocenters. The van der Waals surface area contributed by atoms with Crippen molar-refractivity contribution < 1.29 is 17.6 Å². The Morgan fingerprint density at radius 1 is 0.974 bits per heavy atom. The van der Waals surface area contributed by atoms with E-state index < -0.39 is 22.6 Å². The van der Waals surface area contributed by atoms with Crippen molar-refractivity contribution in [3.8, 4) is 0 Å². The molecule has 5 rings (SSSR count). The monoisotopic (exact) mass is 536 g/mol. The lowest BCUT2D eigenvalue weighted by Gasteiger charge is -2.34. The van der Waals surface area contributed by atoms with Gasteiger partial charge in [-0.15, -0.1) is 5.10 Å². The number of alkyl halides is 1. The molecule has 2 N–H and O–H groups in total. The van der Waals surface area contributed by atoms with E-state index in [1.165, 1.54) is 12.1 Å². The van der Waals surface area contributed by atoms with Gasteiger partial charge < -0.3 is 20.4 Å². The van der Waals surface area contributed by atoms with Crippen molar-refractivity contribution in [1.29, 1.82) is 0 Å². The molecule has 1 saturated heterocycles. The summed E-state index contributed by atoms with van der Waals surface area (Å²) in [6.07, 6.45) is 0. The topological polar surface area (TPSA) is 99.6 Å². The Morgan fingerprint density at radius 3 is 2.42 bits per heavy atom. The average molecular weight is 537 g/mol. The number of benzene rings is 3. The molecular weight excluding hydrogens is 507 g/mol. The number of halogens is 1. The second-order valence-corrected chi connectivity index (χ2v) is 10.9. The van der Waals surface area contributed by atoms with Gasteiger partial charge in [-0.3, -0.25) is 4.79 Å². The molecule has 1 aromatic heterocycles. The molecule has 1 aliphatic heterocycles. The molecule has 11 heteroatoms. The smallest absolute Gasteiger partial charge is 0.283 e. The summed E-state index contributed by atoms with van der Waals surface area (Å²) in [5.41, 5.74) is 2.09. The molecule has 0 atom stereocenters. The van der Waals surface area contributed by atoms with Crippen LogP contribution in [0.15, 0.2) is 77.7 Å². The van der Waals surface area contributed by atoms with Crippen LogP contribution in [-0.2, 0) is 10.0 Å². The minimum absolute atomic E-state index is 0.0549. The van der Waals surface area contributed by atoms with Gasteiger partial charge in [-0.1, -0.05) is 30.3 Å². The van der Waals surface area contributed by atoms with E-state index in [4.69, 9.17) is 0 Å². The maximum absolute atomic E-state index is 13.4. The van der Waals surface area contributed by atoms with Crippen LogP contribution >= 0.6 is 0 Å². The minimum Gasteiger partial charge on any atom is -0.382 e. The van der Waals surface area contributed by atoms with Gasteiger partial charge in [0.05, 0.1) is 16.0 Å². The maximum atomic E-state index is 13.4. The second-order valence-electron chi connectivity index (χ2n) is 9.12. The van der Waals surface area contributed by atoms with E-state index in [0.717, 1.165) is 36.0 Å². The molecule has 0 bridgehead atoms. The van der Waals surface area contributed by atoms with Crippen LogP contribution in [0.2, 0.25) is 0 Å². The Labute approximate surface area is 220 Å². The molecule has 3 aromatic carbocycles. The highest BCUT2D eigenvalue weighted by molar-refractivity contribution is 7.90. The number of likely N-dealkylation sites (N-methyl/N-ethyl adjacent to an activating group) is 1. The highest BCUT2D eigenvalue weighted by atomic mass is 32.2. The van der Waals surface area contributed by atoms with Gasteiger partial charge in [-0.05, 0) is 49.5 Å². The van der Waals surface area contributed by atoms with Crippen molar-refractivity contribution in [2.75, 3.05) is 62.0 Å². The Morgan fingerprint density at radius 2 is 1.68 bits per heavy atom. The molecule has 0 aliphatic carbocycles. The number of nitrogens with zero attached hydrogens (tertiary/aromatic N) is 4. The van der Waals surface area contributed by atoms with Crippen LogP contribution in [0.1, 0.15) is 10.4 Å². The lowest BCUT2D eigenvalue weighted by Crippen LogP contribution is -2.44. The largest absolute Gasteiger partial charge is 0.382 e. The molecule has 1 amide bonds. The first-order valence-corrected chi connectivity index (χ1v) is 13.8. The molecule has 198 valence electrons. The molecule has 0 saturated carbocycles. The van der Waals surface area contributed by atoms with Crippen molar-refractivity contribution in [2.45, 2.75) is 4.90 Å². The Hall–Kier alpha value is -3.96. The number of rotatable bonds is 8. The number of nitrogens with one attached hydrogen (secondary N) is 2. The number of amides is 1. The summed E-state index contributed by atoms with van der Waals surface area (Å²) in [4.78, 5) is 18.0. The zero-order valence-corrected chi connectivity index (χ0v) is 21.8. The van der Waals surface area contributed by atoms with Gasteiger partial charge in [0, 0.05) is 49.5 Å². The maximum Gasteiger partial charge on any atom is 0.283 e. The van der Waals surface area contributed by atoms with E-state index in [-0.39, 0.29) is 17.3 Å². The number of para-hydroxylation sites is 1. The summed E-state index contributed by atoms with van der Waals surface area (Å²) < 4.78 is 40.6. The van der Waals surface area contributed by atoms with Gasteiger partial charge in [0.1, 0.15) is 6.67 Å². The first kappa shape index (κ1) is 25.7. The van der Waals surface area contributed by atoms with Gasteiger partial charge >= 0.3 is 0 Å². The third kappa shape index (κ3) is 5.07. The highest BCUT2D eigenvalue weighted by Crippen LogP contribution is 2.29. The van der Waals surface area contributed by atoms with Crippen LogP contribution in [0.25, 0.3) is 10.9 Å². The number of carbonyl (C=O) groups is 1. The molecule has 0 spiro atoms. The summed E-state index contributed by atoms with van der Waals surface area (Å²) in [5.74, 6) is -0.367. The van der Waals surface area contributed by atoms with Crippen LogP contribution in [0.5, 0.6) is 0 Å². The third-order valence-electron chi connectivity index (χ3n) is 6.58. The molecule has 4 aromatic rings. The molecule has 2 heterocycles. The fourth-order valence-corrected chi connectivity index (χ4v) is 5.81. The van der Waals surface area contributed by atoms with Gasteiger partial charge in [0.2, 0.25) is 0 Å². The summed E-state index contributed by atoms with van der Waals surface area (Å²) >= 11 is 0. The average Bonchev–Trinajstić information content (AvgIpc) is 3.31. The summed E-state index contributed by atoms with van der Waals surface area (Å²) in [7, 11) is -1.92. The second kappa shape index (κ2) is 10.8. The standard InChI is InChI=1S/C27H29FN6O3S/c1-32-15-17-33(18-16-32)20-11-12-22(24(19-20)29-14-13-28)27(35)30-26-23-9-5-6-10-25(23)34(31-26)38(36,37)21-7-3-2-4-8-21/h2-12,19,29H,13-18H2,1H3,(H,30,31,35). The number of carbonyl (C=O) groups excluding carboxylic acids is 1. The highest BCUT2D eigenvalue weighted by Gasteiger charge is 2.24. The van der Waals surface area contributed by atoms with Crippen LogP contribution < -0.4 is 15.5 Å². The molecule has 38 heavy (non-hydrogen) atoms. The number of aromatic nitrogens is 2. The van der Waals surface area contributed by atoms with E-state index in [1.807, 2.05) is 12.1 Å². The lowest BCUT2D eigenvalue weighted by atomic mass is 10.1. The van der Waals surface area contributed by atoms with Crippen molar-refractivity contribution >= 4 is 44.0 Å². The number of fused-ring (bicyclic) bond motifs is 1. The van der Waals surface area contributed by atoms with Gasteiger partial charge in [-0.25, -0.2) is 4.39 Å². The first-order chi connectivity index (χ1) is 18.4. The predicted molar refractivity (Wildman–Crippen MR) is 147 cm³/mol. The molecular formula is C27H29FN6O3S. The van der Waals surface area contributed by atoms with Crippen LogP contribution in [0.3, 0.4) is 0 Å². The van der Waals surface area contributed by atoms with E-state index >= 15 is 0 Å². The number of hydrogen-bond donors (Lipinski definition) is 2. The normalized spacial score (nSPS) is 14.5. The Kier molecular flexibility index (Phi) is 7.30.